The molecule has 1 aliphatic rings. The number of hydrogen-bond acceptors (Lipinski definition) is 5. The number of fused-ring (bicyclic) bond motifs is 1. The molecular formula is C18H16N6O. The third kappa shape index (κ3) is 2.91. The molecule has 0 saturated heterocycles. The molecule has 4 rings (SSSR count). The highest BCUT2D eigenvalue weighted by molar-refractivity contribution is 6.03. The Morgan fingerprint density at radius 3 is 2.88 bits per heavy atom. The molecule has 0 aromatic carbocycles. The van der Waals surface area contributed by atoms with Crippen LogP contribution in [-0.4, -0.2) is 30.9 Å². The Bertz CT molecular complexity index is 1050. The Balaban J connectivity index is 1.61. The van der Waals surface area contributed by atoms with Crippen LogP contribution in [0, 0.1) is 6.92 Å². The maximum absolute atomic E-state index is 12.5. The van der Waals surface area contributed by atoms with Gasteiger partial charge in [-0.2, -0.15) is 4.68 Å². The number of anilines is 1. The Hall–Kier alpha value is -3.35. The molecule has 1 aliphatic carbocycles. The molecular weight excluding hydrogens is 316 g/mol. The van der Waals surface area contributed by atoms with Crippen molar-refractivity contribution in [3.8, 4) is 5.82 Å². The average Bonchev–Trinajstić information content (AvgIpc) is 3.04. The summed E-state index contributed by atoms with van der Waals surface area (Å²) in [5.74, 6) is 0.776. The van der Waals surface area contributed by atoms with Crippen LogP contribution >= 0.6 is 0 Å². The van der Waals surface area contributed by atoms with E-state index in [1.54, 1.807) is 25.3 Å². The molecule has 124 valence electrons. The number of carbonyl (C=O) groups excluding carboxylic acids is 1. The second-order valence-electron chi connectivity index (χ2n) is 5.73. The molecule has 1 N–H and O–H groups in total. The van der Waals surface area contributed by atoms with Gasteiger partial charge in [0.25, 0.3) is 5.91 Å². The van der Waals surface area contributed by atoms with Crippen LogP contribution in [0.4, 0.5) is 5.82 Å². The lowest BCUT2D eigenvalue weighted by molar-refractivity contribution is 0.102. The highest BCUT2D eigenvalue weighted by Crippen LogP contribution is 2.11. The molecule has 7 heteroatoms. The van der Waals surface area contributed by atoms with Gasteiger partial charge in [-0.25, -0.2) is 9.97 Å². The van der Waals surface area contributed by atoms with E-state index in [-0.39, 0.29) is 11.6 Å². The number of pyridine rings is 2. The molecule has 3 heterocycles. The van der Waals surface area contributed by atoms with Crippen LogP contribution in [0.2, 0.25) is 0 Å². The van der Waals surface area contributed by atoms with Gasteiger partial charge < -0.3 is 5.32 Å². The molecule has 25 heavy (non-hydrogen) atoms. The second kappa shape index (κ2) is 6.27. The Morgan fingerprint density at radius 2 is 2.04 bits per heavy atom. The third-order valence-corrected chi connectivity index (χ3v) is 4.04. The summed E-state index contributed by atoms with van der Waals surface area (Å²) in [6.45, 7) is 1.78. The van der Waals surface area contributed by atoms with E-state index in [1.165, 1.54) is 4.68 Å². The highest BCUT2D eigenvalue weighted by atomic mass is 16.2. The maximum Gasteiger partial charge on any atom is 0.279 e. The quantitative estimate of drug-likeness (QED) is 0.772. The molecule has 3 aromatic rings. The molecule has 0 fully saturated rings. The van der Waals surface area contributed by atoms with E-state index in [2.05, 4.69) is 37.7 Å². The molecule has 0 saturated carbocycles. The smallest absolute Gasteiger partial charge is 0.279 e. The van der Waals surface area contributed by atoms with Crippen LogP contribution in [0.25, 0.3) is 18.0 Å². The van der Waals surface area contributed by atoms with Crippen molar-refractivity contribution >= 4 is 23.9 Å². The topological polar surface area (TPSA) is 85.6 Å². The highest BCUT2D eigenvalue weighted by Gasteiger charge is 2.18. The Kier molecular flexibility index (Phi) is 3.81. The summed E-state index contributed by atoms with van der Waals surface area (Å²) >= 11 is 0. The number of aromatic nitrogens is 5. The van der Waals surface area contributed by atoms with Crippen molar-refractivity contribution in [2.45, 2.75) is 19.8 Å². The first-order valence-electron chi connectivity index (χ1n) is 8.05. The second-order valence-corrected chi connectivity index (χ2v) is 5.73. The van der Waals surface area contributed by atoms with Crippen LogP contribution < -0.4 is 15.9 Å². The van der Waals surface area contributed by atoms with Gasteiger partial charge in [0.15, 0.2) is 11.5 Å². The monoisotopic (exact) mass is 332 g/mol. The molecule has 0 radical (unpaired) electrons. The first-order valence-corrected chi connectivity index (χ1v) is 8.05. The predicted molar refractivity (Wildman–Crippen MR) is 93.5 cm³/mol. The number of rotatable bonds is 3. The van der Waals surface area contributed by atoms with Crippen molar-refractivity contribution in [2.24, 2.45) is 0 Å². The maximum atomic E-state index is 12.5. The van der Waals surface area contributed by atoms with Crippen LogP contribution in [0.5, 0.6) is 0 Å². The fraction of sp³-hybridized carbons (Fsp3) is 0.167. The van der Waals surface area contributed by atoms with E-state index in [4.69, 9.17) is 0 Å². The van der Waals surface area contributed by atoms with E-state index >= 15 is 0 Å². The van der Waals surface area contributed by atoms with E-state index in [1.807, 2.05) is 18.2 Å². The standard InChI is InChI=1S/C18H16N6O/c1-12-17(22-23-24(12)16-8-4-5-11-19-16)18(25)21-15-10-9-13-6-2-3-7-14(13)20-15/h4-11H,2-3H2,1H3,(H,20,21,25). The van der Waals surface area contributed by atoms with Crippen LogP contribution in [0.3, 0.4) is 0 Å². The lowest BCUT2D eigenvalue weighted by Crippen LogP contribution is -2.31. The Labute approximate surface area is 143 Å². The zero-order valence-corrected chi connectivity index (χ0v) is 13.7. The fourth-order valence-corrected chi connectivity index (χ4v) is 2.76. The minimum Gasteiger partial charge on any atom is -0.305 e. The number of hydrogen-bond donors (Lipinski definition) is 1. The van der Waals surface area contributed by atoms with Gasteiger partial charge in [0.1, 0.15) is 5.82 Å². The lowest BCUT2D eigenvalue weighted by Gasteiger charge is -2.05. The van der Waals surface area contributed by atoms with Gasteiger partial charge in [0.05, 0.1) is 11.0 Å². The van der Waals surface area contributed by atoms with Crippen molar-refractivity contribution in [3.05, 3.63) is 58.5 Å². The summed E-state index contributed by atoms with van der Waals surface area (Å²) in [5.41, 5.74) is 0.870. The molecule has 0 atom stereocenters. The van der Waals surface area contributed by atoms with E-state index < -0.39 is 0 Å². The number of nitrogens with zero attached hydrogens (tertiary/aromatic N) is 5. The number of amides is 1. The Morgan fingerprint density at radius 1 is 1.16 bits per heavy atom. The zero-order valence-electron chi connectivity index (χ0n) is 13.7. The predicted octanol–water partition coefficient (Wildman–Crippen LogP) is 0.973. The molecule has 1 amide bonds. The first kappa shape index (κ1) is 15.2. The van der Waals surface area contributed by atoms with Gasteiger partial charge in [-0.05, 0) is 49.2 Å². The van der Waals surface area contributed by atoms with Crippen LogP contribution in [-0.2, 0) is 0 Å². The van der Waals surface area contributed by atoms with Gasteiger partial charge >= 0.3 is 0 Å². The van der Waals surface area contributed by atoms with E-state index in [9.17, 15) is 4.79 Å². The van der Waals surface area contributed by atoms with E-state index in [0.717, 1.165) is 23.4 Å². The van der Waals surface area contributed by atoms with Crippen LogP contribution in [0.1, 0.15) is 29.0 Å². The van der Waals surface area contributed by atoms with Crippen molar-refractivity contribution in [3.63, 3.8) is 0 Å². The zero-order chi connectivity index (χ0) is 17.2. The fourth-order valence-electron chi connectivity index (χ4n) is 2.76. The van der Waals surface area contributed by atoms with Gasteiger partial charge in [0, 0.05) is 6.20 Å². The molecule has 7 nitrogen and oxygen atoms in total. The van der Waals surface area contributed by atoms with Gasteiger partial charge in [-0.15, -0.1) is 5.10 Å². The first-order chi connectivity index (χ1) is 12.2. The van der Waals surface area contributed by atoms with E-state index in [0.29, 0.717) is 17.3 Å². The summed E-state index contributed by atoms with van der Waals surface area (Å²) < 4.78 is 1.54. The van der Waals surface area contributed by atoms with Crippen molar-refractivity contribution in [1.82, 2.24) is 25.0 Å². The number of carbonyl (C=O) groups is 1. The van der Waals surface area contributed by atoms with Gasteiger partial charge in [-0.1, -0.05) is 23.4 Å². The van der Waals surface area contributed by atoms with Crippen LogP contribution in [0.15, 0.2) is 36.5 Å². The lowest BCUT2D eigenvalue weighted by atomic mass is 10.1. The molecule has 0 unspecified atom stereocenters. The SMILES string of the molecule is Cc1c(C(=O)Nc2ccc3c(n2)=CCCC=3)nnn1-c1ccccn1. The summed E-state index contributed by atoms with van der Waals surface area (Å²) in [5, 5.41) is 12.8. The van der Waals surface area contributed by atoms with Crippen molar-refractivity contribution in [2.75, 3.05) is 5.32 Å². The normalized spacial score (nSPS) is 12.7. The van der Waals surface area contributed by atoms with Crippen molar-refractivity contribution < 1.29 is 4.79 Å². The summed E-state index contributed by atoms with van der Waals surface area (Å²) in [6.07, 6.45) is 7.88. The van der Waals surface area contributed by atoms with Gasteiger partial charge in [0.2, 0.25) is 0 Å². The minimum absolute atomic E-state index is 0.251. The largest absolute Gasteiger partial charge is 0.305 e. The summed E-state index contributed by atoms with van der Waals surface area (Å²) in [7, 11) is 0. The minimum atomic E-state index is -0.341. The molecule has 0 aliphatic heterocycles. The van der Waals surface area contributed by atoms with Gasteiger partial charge in [-0.3, -0.25) is 4.79 Å². The summed E-state index contributed by atoms with van der Waals surface area (Å²) in [4.78, 5) is 21.3. The molecule has 0 spiro atoms. The third-order valence-electron chi connectivity index (χ3n) is 4.04. The molecule has 0 bridgehead atoms. The average molecular weight is 332 g/mol. The molecule has 3 aromatic heterocycles. The van der Waals surface area contributed by atoms with Crippen molar-refractivity contribution in [1.29, 1.82) is 0 Å². The summed E-state index contributed by atoms with van der Waals surface area (Å²) in [6, 6.07) is 9.24. The number of nitrogens with one attached hydrogen (secondary N) is 1.